The van der Waals surface area contributed by atoms with Crippen molar-refractivity contribution in [2.24, 2.45) is 0 Å². The summed E-state index contributed by atoms with van der Waals surface area (Å²) in [6, 6.07) is 1.96. The number of hydrogen-bond acceptors (Lipinski definition) is 5. The van der Waals surface area contributed by atoms with Crippen molar-refractivity contribution < 1.29 is 9.53 Å². The summed E-state index contributed by atoms with van der Waals surface area (Å²) in [5.74, 6) is -0.374. The lowest BCUT2D eigenvalue weighted by molar-refractivity contribution is 0.0527. The van der Waals surface area contributed by atoms with Crippen molar-refractivity contribution in [3.05, 3.63) is 23.0 Å². The van der Waals surface area contributed by atoms with Crippen LogP contribution in [0.4, 0.5) is 5.69 Å². The predicted octanol–water partition coefficient (Wildman–Crippen LogP) is 2.47. The van der Waals surface area contributed by atoms with Gasteiger partial charge in [-0.2, -0.15) is 0 Å². The monoisotopic (exact) mass is 297 g/mol. The van der Waals surface area contributed by atoms with Crippen LogP contribution in [-0.4, -0.2) is 36.7 Å². The molecule has 5 nitrogen and oxygen atoms in total. The van der Waals surface area contributed by atoms with Crippen LogP contribution in [0.15, 0.2) is 12.3 Å². The number of rotatable bonds is 4. The van der Waals surface area contributed by atoms with Crippen LogP contribution in [0.2, 0.25) is 5.15 Å². The molecular weight excluding hydrogens is 278 g/mol. The van der Waals surface area contributed by atoms with Gasteiger partial charge in [-0.05, 0) is 32.4 Å². The largest absolute Gasteiger partial charge is 0.462 e. The van der Waals surface area contributed by atoms with E-state index in [2.05, 4.69) is 15.6 Å². The first-order valence-corrected chi connectivity index (χ1v) is 7.38. The molecule has 0 spiro atoms. The molecule has 1 aliphatic heterocycles. The summed E-state index contributed by atoms with van der Waals surface area (Å²) >= 11 is 5.93. The lowest BCUT2D eigenvalue weighted by Crippen LogP contribution is -2.31. The first kappa shape index (κ1) is 15.1. The van der Waals surface area contributed by atoms with Crippen LogP contribution in [0.25, 0.3) is 0 Å². The minimum Gasteiger partial charge on any atom is -0.462 e. The highest BCUT2D eigenvalue weighted by atomic mass is 35.5. The second-order valence-corrected chi connectivity index (χ2v) is 5.20. The average molecular weight is 298 g/mol. The van der Waals surface area contributed by atoms with Gasteiger partial charge >= 0.3 is 5.97 Å². The van der Waals surface area contributed by atoms with Gasteiger partial charge in [-0.15, -0.1) is 0 Å². The lowest BCUT2D eigenvalue weighted by Gasteiger charge is -2.19. The van der Waals surface area contributed by atoms with Gasteiger partial charge in [-0.1, -0.05) is 18.0 Å². The molecule has 0 unspecified atom stereocenters. The van der Waals surface area contributed by atoms with Crippen LogP contribution in [0.3, 0.4) is 0 Å². The van der Waals surface area contributed by atoms with E-state index in [4.69, 9.17) is 16.3 Å². The maximum Gasteiger partial charge on any atom is 0.341 e. The number of hydrogen-bond donors (Lipinski definition) is 2. The lowest BCUT2D eigenvalue weighted by atomic mass is 10.1. The van der Waals surface area contributed by atoms with E-state index in [1.807, 2.05) is 0 Å². The van der Waals surface area contributed by atoms with E-state index in [1.165, 1.54) is 12.6 Å². The third-order valence-corrected chi connectivity index (χ3v) is 3.48. The van der Waals surface area contributed by atoms with Gasteiger partial charge in [0.2, 0.25) is 0 Å². The Kier molecular flexibility index (Phi) is 5.61. The topological polar surface area (TPSA) is 63.2 Å². The summed E-state index contributed by atoms with van der Waals surface area (Å²) in [7, 11) is 0. The molecule has 1 saturated heterocycles. The molecule has 1 aromatic heterocycles. The zero-order chi connectivity index (χ0) is 14.4. The summed E-state index contributed by atoms with van der Waals surface area (Å²) < 4.78 is 5.04. The summed E-state index contributed by atoms with van der Waals surface area (Å²) in [4.78, 5) is 15.9. The molecule has 2 heterocycles. The molecule has 1 atom stereocenters. The Morgan fingerprint density at radius 3 is 3.25 bits per heavy atom. The third kappa shape index (κ3) is 4.08. The van der Waals surface area contributed by atoms with Crippen LogP contribution >= 0.6 is 11.6 Å². The predicted molar refractivity (Wildman–Crippen MR) is 79.3 cm³/mol. The highest BCUT2D eigenvalue weighted by molar-refractivity contribution is 6.29. The number of aromatic nitrogens is 1. The fourth-order valence-corrected chi connectivity index (χ4v) is 2.44. The van der Waals surface area contributed by atoms with Gasteiger partial charge < -0.3 is 15.4 Å². The van der Waals surface area contributed by atoms with E-state index in [0.29, 0.717) is 23.0 Å². The van der Waals surface area contributed by atoms with Crippen molar-refractivity contribution in [1.82, 2.24) is 10.3 Å². The van der Waals surface area contributed by atoms with Crippen molar-refractivity contribution in [2.75, 3.05) is 25.0 Å². The SMILES string of the molecule is CCOC(=O)c1cnc(Cl)cc1N[C@@H]1CCCCNC1. The Morgan fingerprint density at radius 2 is 2.45 bits per heavy atom. The Bertz CT molecular complexity index is 460. The fraction of sp³-hybridized carbons (Fsp3) is 0.571. The molecule has 0 aromatic carbocycles. The third-order valence-electron chi connectivity index (χ3n) is 3.27. The van der Waals surface area contributed by atoms with Crippen molar-refractivity contribution in [1.29, 1.82) is 0 Å². The zero-order valence-corrected chi connectivity index (χ0v) is 12.4. The quantitative estimate of drug-likeness (QED) is 0.660. The van der Waals surface area contributed by atoms with Crippen molar-refractivity contribution in [3.63, 3.8) is 0 Å². The number of ether oxygens (including phenoxy) is 1. The van der Waals surface area contributed by atoms with Crippen LogP contribution in [-0.2, 0) is 4.74 Å². The van der Waals surface area contributed by atoms with Gasteiger partial charge in [0.25, 0.3) is 0 Å². The van der Waals surface area contributed by atoms with Gasteiger partial charge in [0.05, 0.1) is 12.3 Å². The number of carbonyl (C=O) groups is 1. The molecule has 0 bridgehead atoms. The number of nitrogens with one attached hydrogen (secondary N) is 2. The fourth-order valence-electron chi connectivity index (χ4n) is 2.28. The molecule has 1 aliphatic rings. The van der Waals surface area contributed by atoms with Crippen molar-refractivity contribution in [2.45, 2.75) is 32.2 Å². The molecule has 2 rings (SSSR count). The van der Waals surface area contributed by atoms with Gasteiger partial charge in [0.15, 0.2) is 0 Å². The molecule has 0 aliphatic carbocycles. The Labute approximate surface area is 124 Å². The van der Waals surface area contributed by atoms with Gasteiger partial charge in [-0.25, -0.2) is 9.78 Å². The number of anilines is 1. The first-order valence-electron chi connectivity index (χ1n) is 7.00. The number of pyridine rings is 1. The molecule has 20 heavy (non-hydrogen) atoms. The highest BCUT2D eigenvalue weighted by Gasteiger charge is 2.18. The molecular formula is C14H20ClN3O2. The van der Waals surface area contributed by atoms with Gasteiger partial charge in [-0.3, -0.25) is 0 Å². The summed E-state index contributed by atoms with van der Waals surface area (Å²) in [6.45, 7) is 4.04. The molecule has 0 saturated carbocycles. The number of nitrogens with zero attached hydrogens (tertiary/aromatic N) is 1. The van der Waals surface area contributed by atoms with E-state index >= 15 is 0 Å². The molecule has 6 heteroatoms. The van der Waals surface area contributed by atoms with Crippen LogP contribution in [0, 0.1) is 0 Å². The normalized spacial score (nSPS) is 19.2. The van der Waals surface area contributed by atoms with Gasteiger partial charge in [0, 0.05) is 18.8 Å². The summed E-state index contributed by atoms with van der Waals surface area (Å²) in [5, 5.41) is 7.12. The minimum absolute atomic E-state index is 0.282. The minimum atomic E-state index is -0.374. The van der Waals surface area contributed by atoms with E-state index in [0.717, 1.165) is 25.9 Å². The number of esters is 1. The van der Waals surface area contributed by atoms with Crippen molar-refractivity contribution >= 4 is 23.3 Å². The van der Waals surface area contributed by atoms with Crippen molar-refractivity contribution in [3.8, 4) is 0 Å². The average Bonchev–Trinajstić information content (AvgIpc) is 2.68. The van der Waals surface area contributed by atoms with Crippen LogP contribution in [0.1, 0.15) is 36.5 Å². The Hall–Kier alpha value is -1.33. The maximum absolute atomic E-state index is 11.9. The summed E-state index contributed by atoms with van der Waals surface area (Å²) in [6.07, 6.45) is 4.88. The standard InChI is InChI=1S/C14H20ClN3O2/c1-2-20-14(19)11-9-17-13(15)7-12(11)18-10-5-3-4-6-16-8-10/h7,9-10,16H,2-6,8H2,1H3,(H,17,18)/t10-/m1/s1. The highest BCUT2D eigenvalue weighted by Crippen LogP contribution is 2.22. The Balaban J connectivity index is 2.15. The molecule has 1 fully saturated rings. The van der Waals surface area contributed by atoms with Gasteiger partial charge in [0.1, 0.15) is 10.7 Å². The molecule has 1 aromatic rings. The molecule has 0 amide bonds. The van der Waals surface area contributed by atoms with E-state index in [9.17, 15) is 4.79 Å². The number of halogens is 1. The molecule has 0 radical (unpaired) electrons. The smallest absolute Gasteiger partial charge is 0.341 e. The number of carbonyl (C=O) groups excluding carboxylic acids is 1. The molecule has 2 N–H and O–H groups in total. The van der Waals surface area contributed by atoms with E-state index in [1.54, 1.807) is 13.0 Å². The zero-order valence-electron chi connectivity index (χ0n) is 11.6. The second-order valence-electron chi connectivity index (χ2n) is 4.81. The van der Waals surface area contributed by atoms with E-state index in [-0.39, 0.29) is 12.0 Å². The second kappa shape index (κ2) is 7.45. The van der Waals surface area contributed by atoms with Crippen LogP contribution in [0.5, 0.6) is 0 Å². The molecule has 110 valence electrons. The maximum atomic E-state index is 11.9. The summed E-state index contributed by atoms with van der Waals surface area (Å²) in [5.41, 5.74) is 1.12. The van der Waals surface area contributed by atoms with Crippen LogP contribution < -0.4 is 10.6 Å². The first-order chi connectivity index (χ1) is 9.70. The van der Waals surface area contributed by atoms with E-state index < -0.39 is 0 Å². The Morgan fingerprint density at radius 1 is 1.60 bits per heavy atom.